The van der Waals surface area contributed by atoms with Crippen molar-refractivity contribution in [2.75, 3.05) is 20.3 Å². The third-order valence-electron chi connectivity index (χ3n) is 4.69. The zero-order valence-electron chi connectivity index (χ0n) is 17.8. The van der Waals surface area contributed by atoms with E-state index in [9.17, 15) is 4.79 Å². The van der Waals surface area contributed by atoms with Crippen LogP contribution in [0.2, 0.25) is 0 Å². The molecule has 2 aromatic rings. The second-order valence-electron chi connectivity index (χ2n) is 8.14. The van der Waals surface area contributed by atoms with Gasteiger partial charge in [-0.05, 0) is 46.9 Å². The molecule has 0 unspecified atom stereocenters. The van der Waals surface area contributed by atoms with E-state index in [1.807, 2.05) is 42.5 Å². The van der Waals surface area contributed by atoms with Crippen molar-refractivity contribution in [3.63, 3.8) is 0 Å². The molecule has 0 bridgehead atoms. The van der Waals surface area contributed by atoms with E-state index in [-0.39, 0.29) is 11.3 Å². The van der Waals surface area contributed by atoms with Crippen LogP contribution in [0, 0.1) is 0 Å². The molecule has 2 aromatic carbocycles. The van der Waals surface area contributed by atoms with E-state index in [1.54, 1.807) is 7.05 Å². The molecule has 0 atom stereocenters. The zero-order chi connectivity index (χ0) is 21.7. The molecule has 4 nitrogen and oxygen atoms in total. The van der Waals surface area contributed by atoms with Crippen molar-refractivity contribution >= 4 is 40.3 Å². The van der Waals surface area contributed by atoms with E-state index in [4.69, 9.17) is 21.7 Å². The van der Waals surface area contributed by atoms with E-state index in [2.05, 4.69) is 32.9 Å². The summed E-state index contributed by atoms with van der Waals surface area (Å²) >= 11 is 6.49. The first-order valence-corrected chi connectivity index (χ1v) is 11.1. The number of amides is 1. The van der Waals surface area contributed by atoms with Crippen molar-refractivity contribution < 1.29 is 14.3 Å². The van der Waals surface area contributed by atoms with Gasteiger partial charge in [-0.1, -0.05) is 69.0 Å². The summed E-state index contributed by atoms with van der Waals surface area (Å²) in [5.74, 6) is 1.58. The zero-order valence-corrected chi connectivity index (χ0v) is 19.4. The Hall–Kier alpha value is -2.31. The minimum Gasteiger partial charge on any atom is -0.493 e. The molecule has 1 heterocycles. The fraction of sp³-hybridized carbons (Fsp3) is 0.333. The average molecular weight is 442 g/mol. The topological polar surface area (TPSA) is 38.8 Å². The smallest absolute Gasteiger partial charge is 0.265 e. The monoisotopic (exact) mass is 441 g/mol. The lowest BCUT2D eigenvalue weighted by molar-refractivity contribution is -0.121. The summed E-state index contributed by atoms with van der Waals surface area (Å²) < 4.78 is 12.2. The number of hydrogen-bond donors (Lipinski definition) is 0. The molecule has 0 aliphatic carbocycles. The van der Waals surface area contributed by atoms with Gasteiger partial charge in [0.2, 0.25) is 0 Å². The van der Waals surface area contributed by atoms with E-state index in [0.717, 1.165) is 23.5 Å². The van der Waals surface area contributed by atoms with Crippen LogP contribution >= 0.6 is 24.0 Å². The predicted molar refractivity (Wildman–Crippen MR) is 128 cm³/mol. The van der Waals surface area contributed by atoms with Crippen LogP contribution in [0.3, 0.4) is 0 Å². The minimum absolute atomic E-state index is 0.0657. The van der Waals surface area contributed by atoms with Crippen molar-refractivity contribution in [1.29, 1.82) is 0 Å². The number of carbonyl (C=O) groups excluding carboxylic acids is 1. The molecule has 1 amide bonds. The lowest BCUT2D eigenvalue weighted by atomic mass is 9.87. The lowest BCUT2D eigenvalue weighted by Crippen LogP contribution is -2.22. The molecule has 158 valence electrons. The highest BCUT2D eigenvalue weighted by Gasteiger charge is 2.28. The normalized spacial score (nSPS) is 15.7. The molecule has 1 saturated heterocycles. The average Bonchev–Trinajstić information content (AvgIpc) is 2.94. The highest BCUT2D eigenvalue weighted by atomic mass is 32.2. The number of carbonyl (C=O) groups is 1. The molecule has 6 heteroatoms. The summed E-state index contributed by atoms with van der Waals surface area (Å²) in [7, 11) is 1.69. The first kappa shape index (κ1) is 22.4. The summed E-state index contributed by atoms with van der Waals surface area (Å²) in [5.41, 5.74) is 2.35. The summed E-state index contributed by atoms with van der Waals surface area (Å²) in [4.78, 5) is 14.3. The van der Waals surface area contributed by atoms with Crippen LogP contribution in [0.25, 0.3) is 6.08 Å². The molecule has 0 radical (unpaired) electrons. The number of thioether (sulfide) groups is 1. The van der Waals surface area contributed by atoms with Crippen LogP contribution in [-0.4, -0.2) is 35.4 Å². The van der Waals surface area contributed by atoms with Crippen molar-refractivity contribution in [2.24, 2.45) is 0 Å². The molecule has 30 heavy (non-hydrogen) atoms. The van der Waals surface area contributed by atoms with Crippen LogP contribution in [0.15, 0.2) is 53.4 Å². The third-order valence-corrected chi connectivity index (χ3v) is 6.17. The summed E-state index contributed by atoms with van der Waals surface area (Å²) in [6, 6.07) is 16.0. The molecule has 1 fully saturated rings. The van der Waals surface area contributed by atoms with Crippen LogP contribution in [0.1, 0.15) is 38.3 Å². The number of hydrogen-bond acceptors (Lipinski definition) is 5. The van der Waals surface area contributed by atoms with Crippen LogP contribution in [-0.2, 0) is 10.2 Å². The van der Waals surface area contributed by atoms with Gasteiger partial charge in [0.05, 0.1) is 18.1 Å². The second kappa shape index (κ2) is 9.67. The molecular weight excluding hydrogens is 414 g/mol. The summed E-state index contributed by atoms with van der Waals surface area (Å²) in [5, 5.41) is 0. The maximum absolute atomic E-state index is 12.1. The number of rotatable bonds is 7. The van der Waals surface area contributed by atoms with Gasteiger partial charge < -0.3 is 9.47 Å². The Bertz CT molecular complexity index is 946. The maximum atomic E-state index is 12.1. The van der Waals surface area contributed by atoms with Crippen molar-refractivity contribution in [3.8, 4) is 11.5 Å². The fourth-order valence-electron chi connectivity index (χ4n) is 2.88. The van der Waals surface area contributed by atoms with E-state index in [1.165, 1.54) is 22.2 Å². The quantitative estimate of drug-likeness (QED) is 0.315. The van der Waals surface area contributed by atoms with Gasteiger partial charge in [-0.2, -0.15) is 0 Å². The Labute approximate surface area is 188 Å². The highest BCUT2D eigenvalue weighted by molar-refractivity contribution is 8.26. The molecule has 0 saturated carbocycles. The SMILES string of the molecule is CN1C(=O)/C(=C\c2cccc(OCCCOc3ccc(C(C)(C)C)cc3)c2)SC1=S. The second-order valence-corrected chi connectivity index (χ2v) is 9.81. The summed E-state index contributed by atoms with van der Waals surface area (Å²) in [6.45, 7) is 7.74. The molecule has 0 spiro atoms. The standard InChI is InChI=1S/C24H27NO3S2/c1-24(2,3)18-9-11-19(12-10-18)27-13-6-14-28-20-8-5-7-17(15-20)16-21-22(26)25(4)23(29)30-21/h5,7-12,15-16H,6,13-14H2,1-4H3/b21-16+. The van der Waals surface area contributed by atoms with E-state index < -0.39 is 0 Å². The van der Waals surface area contributed by atoms with E-state index in [0.29, 0.717) is 22.4 Å². The first-order chi connectivity index (χ1) is 14.2. The van der Waals surface area contributed by atoms with Gasteiger partial charge in [0.15, 0.2) is 0 Å². The number of benzene rings is 2. The Morgan fingerprint density at radius 3 is 2.30 bits per heavy atom. The van der Waals surface area contributed by atoms with Gasteiger partial charge in [-0.25, -0.2) is 0 Å². The number of nitrogens with zero attached hydrogens (tertiary/aromatic N) is 1. The molecule has 0 aromatic heterocycles. The number of likely N-dealkylation sites (N-methyl/N-ethyl adjacent to an activating group) is 1. The molecule has 1 aliphatic rings. The predicted octanol–water partition coefficient (Wildman–Crippen LogP) is 5.66. The van der Waals surface area contributed by atoms with Gasteiger partial charge in [0, 0.05) is 13.5 Å². The third kappa shape index (κ3) is 5.86. The van der Waals surface area contributed by atoms with Gasteiger partial charge in [0.25, 0.3) is 5.91 Å². The Balaban J connectivity index is 1.46. The molecule has 1 aliphatic heterocycles. The minimum atomic E-state index is -0.0657. The Morgan fingerprint density at radius 2 is 1.70 bits per heavy atom. The Kier molecular flexibility index (Phi) is 7.21. The van der Waals surface area contributed by atoms with Crippen molar-refractivity contribution in [1.82, 2.24) is 4.90 Å². The van der Waals surface area contributed by atoms with Crippen molar-refractivity contribution in [2.45, 2.75) is 32.6 Å². The lowest BCUT2D eigenvalue weighted by Gasteiger charge is -2.19. The molecular formula is C24H27NO3S2. The van der Waals surface area contributed by atoms with Gasteiger partial charge in [-0.3, -0.25) is 9.69 Å². The van der Waals surface area contributed by atoms with Gasteiger partial charge in [0.1, 0.15) is 15.8 Å². The maximum Gasteiger partial charge on any atom is 0.265 e. The van der Waals surface area contributed by atoms with E-state index >= 15 is 0 Å². The van der Waals surface area contributed by atoms with Gasteiger partial charge >= 0.3 is 0 Å². The largest absolute Gasteiger partial charge is 0.493 e. The summed E-state index contributed by atoms with van der Waals surface area (Å²) in [6.07, 6.45) is 2.62. The molecule has 0 N–H and O–H groups in total. The fourth-order valence-corrected chi connectivity index (χ4v) is 4.06. The van der Waals surface area contributed by atoms with Gasteiger partial charge in [-0.15, -0.1) is 0 Å². The number of ether oxygens (including phenoxy) is 2. The Morgan fingerprint density at radius 1 is 1.03 bits per heavy atom. The van der Waals surface area contributed by atoms with Crippen LogP contribution in [0.5, 0.6) is 11.5 Å². The first-order valence-electron chi connectivity index (χ1n) is 9.92. The molecule has 3 rings (SSSR count). The van der Waals surface area contributed by atoms with Crippen LogP contribution in [0.4, 0.5) is 0 Å². The van der Waals surface area contributed by atoms with Crippen LogP contribution < -0.4 is 9.47 Å². The highest BCUT2D eigenvalue weighted by Crippen LogP contribution is 2.31. The number of thiocarbonyl (C=S) groups is 1. The van der Waals surface area contributed by atoms with Crippen molar-refractivity contribution in [3.05, 3.63) is 64.6 Å².